The van der Waals surface area contributed by atoms with Crippen molar-refractivity contribution in [2.75, 3.05) is 13.1 Å². The van der Waals surface area contributed by atoms with Gasteiger partial charge in [0.1, 0.15) is 0 Å². The number of carbonyl (C=O) groups excluding carboxylic acids is 1. The van der Waals surface area contributed by atoms with Gasteiger partial charge in [-0.3, -0.25) is 4.79 Å². The Balaban J connectivity index is 1.47. The van der Waals surface area contributed by atoms with Crippen molar-refractivity contribution in [2.24, 2.45) is 0 Å². The number of thiazole rings is 1. The summed E-state index contributed by atoms with van der Waals surface area (Å²) < 4.78 is 1.18. The Hall–Kier alpha value is -1.43. The summed E-state index contributed by atoms with van der Waals surface area (Å²) in [7, 11) is 0. The van der Waals surface area contributed by atoms with Gasteiger partial charge in [-0.05, 0) is 42.5 Å². The van der Waals surface area contributed by atoms with Crippen molar-refractivity contribution in [1.82, 2.24) is 9.88 Å². The second-order valence-corrected chi connectivity index (χ2v) is 8.02. The minimum atomic E-state index is 0.154. The number of aromatic nitrogens is 1. The van der Waals surface area contributed by atoms with E-state index in [1.807, 2.05) is 39.9 Å². The van der Waals surface area contributed by atoms with Crippen molar-refractivity contribution in [3.05, 3.63) is 50.6 Å². The second-order valence-electron chi connectivity index (χ2n) is 5.74. The van der Waals surface area contributed by atoms with Gasteiger partial charge in [0.05, 0.1) is 20.8 Å². The zero-order chi connectivity index (χ0) is 15.8. The van der Waals surface area contributed by atoms with Crippen LogP contribution in [-0.4, -0.2) is 28.9 Å². The Kier molecular flexibility index (Phi) is 4.09. The van der Waals surface area contributed by atoms with Crippen LogP contribution in [0.1, 0.15) is 34.1 Å². The molecule has 118 valence electrons. The van der Waals surface area contributed by atoms with Crippen LogP contribution in [0.3, 0.4) is 0 Å². The number of amides is 1. The SMILES string of the molecule is O=C(c1ccsc1)N1CCC(c2nc3cc(Cl)ccc3s2)CC1. The van der Waals surface area contributed by atoms with Crippen molar-refractivity contribution in [3.63, 3.8) is 0 Å². The van der Waals surface area contributed by atoms with Gasteiger partial charge in [0.2, 0.25) is 0 Å². The summed E-state index contributed by atoms with van der Waals surface area (Å²) >= 11 is 9.35. The van der Waals surface area contributed by atoms with Crippen molar-refractivity contribution in [3.8, 4) is 0 Å². The maximum Gasteiger partial charge on any atom is 0.254 e. The standard InChI is InChI=1S/C17H15ClN2OS2/c18-13-1-2-15-14(9-13)19-16(23-15)11-3-6-20(7-4-11)17(21)12-5-8-22-10-12/h1-2,5,8-11H,3-4,6-7H2. The minimum absolute atomic E-state index is 0.154. The van der Waals surface area contributed by atoms with Gasteiger partial charge < -0.3 is 4.90 Å². The number of halogens is 1. The third-order valence-electron chi connectivity index (χ3n) is 4.27. The molecule has 0 aliphatic carbocycles. The third kappa shape index (κ3) is 3.01. The van der Waals surface area contributed by atoms with E-state index < -0.39 is 0 Å². The van der Waals surface area contributed by atoms with Crippen molar-refractivity contribution in [2.45, 2.75) is 18.8 Å². The number of hydrogen-bond donors (Lipinski definition) is 0. The van der Waals surface area contributed by atoms with E-state index in [4.69, 9.17) is 16.6 Å². The highest BCUT2D eigenvalue weighted by molar-refractivity contribution is 7.18. The molecule has 3 aromatic rings. The van der Waals surface area contributed by atoms with E-state index in [0.717, 1.165) is 42.0 Å². The highest BCUT2D eigenvalue weighted by atomic mass is 35.5. The lowest BCUT2D eigenvalue weighted by Crippen LogP contribution is -2.37. The fourth-order valence-electron chi connectivity index (χ4n) is 2.99. The number of thiophene rings is 1. The third-order valence-corrected chi connectivity index (χ3v) is 6.38. The first-order chi connectivity index (χ1) is 11.2. The van der Waals surface area contributed by atoms with Crippen molar-refractivity contribution < 1.29 is 4.79 Å². The number of carbonyl (C=O) groups is 1. The van der Waals surface area contributed by atoms with Crippen LogP contribution in [0.5, 0.6) is 0 Å². The summed E-state index contributed by atoms with van der Waals surface area (Å²) in [6.45, 7) is 1.60. The van der Waals surface area contributed by atoms with E-state index in [1.54, 1.807) is 22.7 Å². The molecule has 0 atom stereocenters. The highest BCUT2D eigenvalue weighted by Gasteiger charge is 2.26. The van der Waals surface area contributed by atoms with Crippen LogP contribution in [-0.2, 0) is 0 Å². The van der Waals surface area contributed by atoms with Gasteiger partial charge >= 0.3 is 0 Å². The molecule has 1 amide bonds. The zero-order valence-electron chi connectivity index (χ0n) is 12.4. The van der Waals surface area contributed by atoms with Crippen LogP contribution < -0.4 is 0 Å². The predicted molar refractivity (Wildman–Crippen MR) is 96.8 cm³/mol. The maximum atomic E-state index is 12.4. The van der Waals surface area contributed by atoms with E-state index in [-0.39, 0.29) is 5.91 Å². The van der Waals surface area contributed by atoms with Gasteiger partial charge in [-0.15, -0.1) is 11.3 Å². The molecule has 23 heavy (non-hydrogen) atoms. The summed E-state index contributed by atoms with van der Waals surface area (Å²) in [5, 5.41) is 5.77. The minimum Gasteiger partial charge on any atom is -0.339 e. The molecule has 6 heteroatoms. The maximum absolute atomic E-state index is 12.4. The molecule has 4 rings (SSSR count). The Morgan fingerprint density at radius 3 is 2.83 bits per heavy atom. The molecule has 2 aromatic heterocycles. The predicted octanol–water partition coefficient (Wildman–Crippen LogP) is 5.03. The number of likely N-dealkylation sites (tertiary alicyclic amines) is 1. The largest absolute Gasteiger partial charge is 0.339 e. The van der Waals surface area contributed by atoms with E-state index in [9.17, 15) is 4.79 Å². The summed E-state index contributed by atoms with van der Waals surface area (Å²) in [6.07, 6.45) is 1.95. The lowest BCUT2D eigenvalue weighted by atomic mass is 9.97. The lowest BCUT2D eigenvalue weighted by Gasteiger charge is -2.30. The highest BCUT2D eigenvalue weighted by Crippen LogP contribution is 2.35. The van der Waals surface area contributed by atoms with Crippen LogP contribution in [0.2, 0.25) is 5.02 Å². The van der Waals surface area contributed by atoms with Gasteiger partial charge in [-0.1, -0.05) is 11.6 Å². The molecule has 0 radical (unpaired) electrons. The van der Waals surface area contributed by atoms with Crippen molar-refractivity contribution in [1.29, 1.82) is 0 Å². The van der Waals surface area contributed by atoms with Crippen LogP contribution in [0.25, 0.3) is 10.2 Å². The molecule has 3 nitrogen and oxygen atoms in total. The molecule has 1 fully saturated rings. The lowest BCUT2D eigenvalue weighted by molar-refractivity contribution is 0.0713. The number of benzene rings is 1. The van der Waals surface area contributed by atoms with Gasteiger partial charge in [0, 0.05) is 29.4 Å². The molecular formula is C17H15ClN2OS2. The fraction of sp³-hybridized carbons (Fsp3) is 0.294. The summed E-state index contributed by atoms with van der Waals surface area (Å²) in [4.78, 5) is 19.1. The summed E-state index contributed by atoms with van der Waals surface area (Å²) in [6, 6.07) is 7.77. The first kappa shape index (κ1) is 15.1. The topological polar surface area (TPSA) is 33.2 Å². The summed E-state index contributed by atoms with van der Waals surface area (Å²) in [5.74, 6) is 0.596. The molecule has 0 N–H and O–H groups in total. The molecule has 1 aromatic carbocycles. The molecule has 1 saturated heterocycles. The molecule has 1 aliphatic rings. The fourth-order valence-corrected chi connectivity index (χ4v) is 4.90. The zero-order valence-corrected chi connectivity index (χ0v) is 14.8. The van der Waals surface area contributed by atoms with Crippen LogP contribution in [0, 0.1) is 0 Å². The van der Waals surface area contributed by atoms with Crippen LogP contribution in [0.4, 0.5) is 0 Å². The normalized spacial score (nSPS) is 16.1. The van der Waals surface area contributed by atoms with E-state index in [1.165, 1.54) is 9.71 Å². The number of rotatable bonds is 2. The molecule has 1 aliphatic heterocycles. The molecule has 3 heterocycles. The molecule has 0 unspecified atom stereocenters. The Bertz CT molecular complexity index is 836. The van der Waals surface area contributed by atoms with Crippen molar-refractivity contribution >= 4 is 50.4 Å². The van der Waals surface area contributed by atoms with E-state index in [2.05, 4.69) is 0 Å². The van der Waals surface area contributed by atoms with Crippen LogP contribution >= 0.6 is 34.3 Å². The number of piperidine rings is 1. The van der Waals surface area contributed by atoms with Crippen LogP contribution in [0.15, 0.2) is 35.0 Å². The van der Waals surface area contributed by atoms with Gasteiger partial charge in [0.25, 0.3) is 5.91 Å². The first-order valence-corrected chi connectivity index (χ1v) is 9.72. The summed E-state index contributed by atoms with van der Waals surface area (Å²) in [5.41, 5.74) is 1.79. The smallest absolute Gasteiger partial charge is 0.254 e. The molecular weight excluding hydrogens is 348 g/mol. The molecule has 0 saturated carbocycles. The number of hydrogen-bond acceptors (Lipinski definition) is 4. The quantitative estimate of drug-likeness (QED) is 0.640. The number of fused-ring (bicyclic) bond motifs is 1. The second kappa shape index (κ2) is 6.23. The van der Waals surface area contributed by atoms with Gasteiger partial charge in [-0.2, -0.15) is 11.3 Å². The Morgan fingerprint density at radius 2 is 2.09 bits per heavy atom. The first-order valence-electron chi connectivity index (χ1n) is 7.58. The molecule has 0 bridgehead atoms. The molecule has 0 spiro atoms. The van der Waals surface area contributed by atoms with E-state index in [0.29, 0.717) is 5.92 Å². The Morgan fingerprint density at radius 1 is 1.26 bits per heavy atom. The average Bonchev–Trinajstić information content (AvgIpc) is 3.23. The van der Waals surface area contributed by atoms with E-state index >= 15 is 0 Å². The monoisotopic (exact) mass is 362 g/mol. The number of nitrogens with zero attached hydrogens (tertiary/aromatic N) is 2. The van der Waals surface area contributed by atoms with Gasteiger partial charge in [0.15, 0.2) is 0 Å². The average molecular weight is 363 g/mol. The Labute approximate surface area is 147 Å². The van der Waals surface area contributed by atoms with Gasteiger partial charge in [-0.25, -0.2) is 4.98 Å².